The summed E-state index contributed by atoms with van der Waals surface area (Å²) in [6, 6.07) is 73.2. The van der Waals surface area contributed by atoms with Crippen LogP contribution >= 0.6 is 11.8 Å². The average molecular weight is 783 g/mol. The van der Waals surface area contributed by atoms with Crippen LogP contribution < -0.4 is 0 Å². The zero-order valence-electron chi connectivity index (χ0n) is 32.8. The summed E-state index contributed by atoms with van der Waals surface area (Å²) in [5.74, 6) is 0.721. The van der Waals surface area contributed by atoms with Crippen molar-refractivity contribution in [2.45, 2.75) is 28.0 Å². The van der Waals surface area contributed by atoms with Crippen molar-refractivity contribution in [2.24, 2.45) is 9.98 Å². The summed E-state index contributed by atoms with van der Waals surface area (Å²) in [6.07, 6.45) is 3.95. The van der Waals surface area contributed by atoms with Gasteiger partial charge in [0.2, 0.25) is 0 Å². The molecule has 12 rings (SSSR count). The molecule has 0 N–H and O–H groups in total. The van der Waals surface area contributed by atoms with E-state index in [1.165, 1.54) is 70.3 Å². The zero-order valence-corrected chi connectivity index (χ0v) is 33.7. The first kappa shape index (κ1) is 34.9. The summed E-state index contributed by atoms with van der Waals surface area (Å²) in [4.78, 5) is 13.7. The van der Waals surface area contributed by atoms with Crippen LogP contribution in [0.4, 0.5) is 0 Å². The minimum absolute atomic E-state index is 0.455. The van der Waals surface area contributed by atoms with E-state index in [1.807, 2.05) is 11.8 Å². The molecule has 0 atom stereocenters. The van der Waals surface area contributed by atoms with E-state index in [0.29, 0.717) is 0 Å². The topological polar surface area (TPSA) is 24.7 Å². The highest BCUT2D eigenvalue weighted by molar-refractivity contribution is 7.99. The monoisotopic (exact) mass is 782 g/mol. The van der Waals surface area contributed by atoms with Crippen LogP contribution in [0, 0.1) is 0 Å². The lowest BCUT2D eigenvalue weighted by atomic mass is 9.67. The van der Waals surface area contributed by atoms with Crippen molar-refractivity contribution >= 4 is 50.6 Å². The van der Waals surface area contributed by atoms with Gasteiger partial charge in [0.1, 0.15) is 0 Å². The number of aliphatic imine (C=N–C) groups is 2. The number of rotatable bonds is 4. The van der Waals surface area contributed by atoms with E-state index >= 15 is 0 Å². The minimum Gasteiger partial charge on any atom is -0.232 e. The van der Waals surface area contributed by atoms with Crippen LogP contribution in [-0.4, -0.2) is 11.5 Å². The van der Waals surface area contributed by atoms with Gasteiger partial charge in [0.15, 0.2) is 5.84 Å². The van der Waals surface area contributed by atoms with Gasteiger partial charge in [0, 0.05) is 20.9 Å². The highest BCUT2D eigenvalue weighted by Gasteiger charge is 2.50. The number of hydrogen-bond acceptors (Lipinski definition) is 3. The fourth-order valence-electron chi connectivity index (χ4n) is 10.0. The highest BCUT2D eigenvalue weighted by atomic mass is 32.2. The molecule has 0 bridgehead atoms. The predicted molar refractivity (Wildman–Crippen MR) is 251 cm³/mol. The van der Waals surface area contributed by atoms with Crippen molar-refractivity contribution in [1.82, 2.24) is 0 Å². The number of fused-ring (bicyclic) bond motifs is 12. The molecule has 0 radical (unpaired) electrons. The Morgan fingerprint density at radius 1 is 0.417 bits per heavy atom. The maximum absolute atomic E-state index is 5.57. The molecule has 9 aromatic carbocycles. The van der Waals surface area contributed by atoms with Gasteiger partial charge in [0.05, 0.1) is 16.8 Å². The Morgan fingerprint density at radius 2 is 1.03 bits per heavy atom. The standard InChI is InChI=1S/C57H38N2S/c1-2-17-38(18-3-1)52-29-15-30-53(40-34-35-42-39(36-40)33-32-37-16-4-5-19-41(37)42)59-56(58-52)47-23-7-6-20-43(47)46-24-14-28-51-55(46)60-54-31-13-12-27-50(54)57(51)48-25-10-8-21-44(48)45-22-9-11-26-49(45)57/h1-14,16-28,30-36H,15,29H2. The van der Waals surface area contributed by atoms with E-state index in [9.17, 15) is 0 Å². The van der Waals surface area contributed by atoms with Gasteiger partial charge in [-0.15, -0.1) is 0 Å². The Hall–Kier alpha value is -7.07. The Balaban J connectivity index is 1.07. The third-order valence-corrected chi connectivity index (χ3v) is 13.9. The molecular formula is C57H38N2S. The molecule has 2 aliphatic heterocycles. The SMILES string of the molecule is C1=C(c2ccc3c(ccc4ccccc43)c2)N=C(c2ccccc2-c2cccc3c2Sc2ccccc2C32c3ccccc3-c3ccccc32)N=C(c2ccccc2)CC1. The molecule has 0 saturated heterocycles. The minimum atomic E-state index is -0.455. The van der Waals surface area contributed by atoms with Crippen LogP contribution in [0.15, 0.2) is 226 Å². The van der Waals surface area contributed by atoms with Gasteiger partial charge in [-0.2, -0.15) is 0 Å². The lowest BCUT2D eigenvalue weighted by Crippen LogP contribution is -2.32. The summed E-state index contributed by atoms with van der Waals surface area (Å²) in [5.41, 5.74) is 15.0. The van der Waals surface area contributed by atoms with Crippen molar-refractivity contribution in [3.05, 3.63) is 245 Å². The maximum Gasteiger partial charge on any atom is 0.160 e. The smallest absolute Gasteiger partial charge is 0.160 e. The fraction of sp³-hybridized carbons (Fsp3) is 0.0526. The van der Waals surface area contributed by atoms with Gasteiger partial charge >= 0.3 is 0 Å². The molecule has 0 fully saturated rings. The van der Waals surface area contributed by atoms with E-state index in [0.717, 1.165) is 52.3 Å². The molecule has 3 aliphatic rings. The highest BCUT2D eigenvalue weighted by Crippen LogP contribution is 2.63. The number of amidine groups is 1. The van der Waals surface area contributed by atoms with Crippen molar-refractivity contribution in [1.29, 1.82) is 0 Å². The Labute approximate surface area is 354 Å². The van der Waals surface area contributed by atoms with Gasteiger partial charge in [-0.05, 0) is 96.6 Å². The molecule has 2 heterocycles. The number of allylic oxidation sites excluding steroid dienone is 1. The van der Waals surface area contributed by atoms with Crippen molar-refractivity contribution in [2.75, 3.05) is 0 Å². The molecule has 0 aromatic heterocycles. The van der Waals surface area contributed by atoms with E-state index < -0.39 is 5.41 Å². The summed E-state index contributed by atoms with van der Waals surface area (Å²) in [5, 5.41) is 4.97. The third-order valence-electron chi connectivity index (χ3n) is 12.7. The van der Waals surface area contributed by atoms with Crippen LogP contribution in [0.5, 0.6) is 0 Å². The summed E-state index contributed by atoms with van der Waals surface area (Å²) in [6.45, 7) is 0. The second-order valence-corrected chi connectivity index (χ2v) is 16.9. The normalized spacial score (nSPS) is 14.9. The van der Waals surface area contributed by atoms with E-state index in [-0.39, 0.29) is 0 Å². The molecule has 9 aromatic rings. The molecule has 60 heavy (non-hydrogen) atoms. The van der Waals surface area contributed by atoms with E-state index in [1.54, 1.807) is 0 Å². The Bertz CT molecular complexity index is 3250. The van der Waals surface area contributed by atoms with Gasteiger partial charge in [-0.3, -0.25) is 0 Å². The molecular weight excluding hydrogens is 745 g/mol. The van der Waals surface area contributed by atoms with Crippen LogP contribution in [-0.2, 0) is 5.41 Å². The van der Waals surface area contributed by atoms with Gasteiger partial charge in [0.25, 0.3) is 0 Å². The zero-order chi connectivity index (χ0) is 39.6. The Kier molecular flexibility index (Phi) is 8.18. The van der Waals surface area contributed by atoms with Gasteiger partial charge in [-0.25, -0.2) is 9.98 Å². The quantitative estimate of drug-likeness (QED) is 0.163. The molecule has 0 amide bonds. The lowest BCUT2D eigenvalue weighted by Gasteiger charge is -2.40. The van der Waals surface area contributed by atoms with Gasteiger partial charge in [-0.1, -0.05) is 206 Å². The molecule has 1 aliphatic carbocycles. The number of benzene rings is 9. The average Bonchev–Trinajstić information content (AvgIpc) is 3.59. The second-order valence-electron chi connectivity index (χ2n) is 15.9. The summed E-state index contributed by atoms with van der Waals surface area (Å²) in [7, 11) is 0. The first-order valence-corrected chi connectivity index (χ1v) is 21.6. The van der Waals surface area contributed by atoms with E-state index in [2.05, 4.69) is 206 Å². The van der Waals surface area contributed by atoms with Crippen LogP contribution in [0.2, 0.25) is 0 Å². The van der Waals surface area contributed by atoms with Crippen LogP contribution in [0.3, 0.4) is 0 Å². The van der Waals surface area contributed by atoms with Gasteiger partial charge < -0.3 is 0 Å². The fourth-order valence-corrected chi connectivity index (χ4v) is 11.3. The summed E-state index contributed by atoms with van der Waals surface area (Å²) >= 11 is 1.89. The van der Waals surface area contributed by atoms with Crippen LogP contribution in [0.1, 0.15) is 51.8 Å². The molecule has 2 nitrogen and oxygen atoms in total. The predicted octanol–water partition coefficient (Wildman–Crippen LogP) is 14.6. The third kappa shape index (κ3) is 5.36. The largest absolute Gasteiger partial charge is 0.232 e. The van der Waals surface area contributed by atoms with Crippen LogP contribution in [0.25, 0.3) is 49.5 Å². The number of hydrogen-bond donors (Lipinski definition) is 0. The molecule has 0 unspecified atom stereocenters. The maximum atomic E-state index is 5.57. The van der Waals surface area contributed by atoms with Crippen molar-refractivity contribution < 1.29 is 0 Å². The molecule has 3 heteroatoms. The van der Waals surface area contributed by atoms with Crippen molar-refractivity contribution in [3.63, 3.8) is 0 Å². The molecule has 282 valence electrons. The second kappa shape index (κ2) is 14.0. The lowest BCUT2D eigenvalue weighted by molar-refractivity contribution is 0.723. The van der Waals surface area contributed by atoms with Crippen molar-refractivity contribution in [3.8, 4) is 22.3 Å². The first-order chi connectivity index (χ1) is 29.8. The van der Waals surface area contributed by atoms with E-state index in [4.69, 9.17) is 9.98 Å². The molecule has 1 spiro atoms. The number of nitrogens with zero attached hydrogens (tertiary/aromatic N) is 2. The summed E-state index contributed by atoms with van der Waals surface area (Å²) < 4.78 is 0. The Morgan fingerprint density at radius 3 is 1.85 bits per heavy atom. The molecule has 0 saturated carbocycles. The first-order valence-electron chi connectivity index (χ1n) is 20.8.